The molecule has 62 valence electrons. The van der Waals surface area contributed by atoms with Crippen molar-refractivity contribution in [2.45, 2.75) is 0 Å². The molecule has 0 atom stereocenters. The van der Waals surface area contributed by atoms with E-state index in [0.717, 1.165) is 17.6 Å². The first-order valence-corrected chi connectivity index (χ1v) is 4.31. The van der Waals surface area contributed by atoms with Gasteiger partial charge < -0.3 is 10.6 Å². The quantitative estimate of drug-likeness (QED) is 0.713. The van der Waals surface area contributed by atoms with Gasteiger partial charge in [-0.1, -0.05) is 22.5 Å². The van der Waals surface area contributed by atoms with Gasteiger partial charge in [0.05, 0.1) is 5.92 Å². The molecule has 0 aromatic heterocycles. The van der Waals surface area contributed by atoms with Crippen molar-refractivity contribution >= 4 is 21.8 Å². The van der Waals surface area contributed by atoms with E-state index in [1.54, 1.807) is 0 Å². The van der Waals surface area contributed by atoms with Crippen molar-refractivity contribution in [3.63, 3.8) is 0 Å². The minimum atomic E-state index is 0.115. The number of hydrogen-bond donors (Lipinski definition) is 2. The van der Waals surface area contributed by atoms with Crippen LogP contribution in [0.15, 0.2) is 11.1 Å². The molecule has 2 N–H and O–H groups in total. The van der Waals surface area contributed by atoms with Gasteiger partial charge in [0.25, 0.3) is 0 Å². The van der Waals surface area contributed by atoms with E-state index >= 15 is 0 Å². The smallest absolute Gasteiger partial charge is 0.225 e. The Balaban J connectivity index is 2.15. The molecule has 0 spiro atoms. The van der Waals surface area contributed by atoms with Gasteiger partial charge in [-0.15, -0.1) is 0 Å². The maximum absolute atomic E-state index is 11.1. The normalized spacial score (nSPS) is 17.2. The van der Waals surface area contributed by atoms with Gasteiger partial charge in [-0.05, 0) is 0 Å². The summed E-state index contributed by atoms with van der Waals surface area (Å²) in [6.07, 6.45) is 0. The fourth-order valence-corrected chi connectivity index (χ4v) is 0.942. The summed E-state index contributed by atoms with van der Waals surface area (Å²) in [7, 11) is 0. The third-order valence-corrected chi connectivity index (χ3v) is 1.89. The number of carbonyl (C=O) groups excluding carboxylic acids is 1. The number of hydrogen-bond acceptors (Lipinski definition) is 2. The van der Waals surface area contributed by atoms with Gasteiger partial charge in [-0.3, -0.25) is 4.79 Å². The Labute approximate surface area is 74.4 Å². The first-order valence-electron chi connectivity index (χ1n) is 3.52. The molecule has 1 fully saturated rings. The highest BCUT2D eigenvalue weighted by atomic mass is 79.9. The van der Waals surface area contributed by atoms with E-state index in [4.69, 9.17) is 0 Å². The van der Waals surface area contributed by atoms with Crippen molar-refractivity contribution in [3.8, 4) is 0 Å². The Kier molecular flexibility index (Phi) is 3.08. The number of amides is 1. The van der Waals surface area contributed by atoms with Gasteiger partial charge in [0.15, 0.2) is 0 Å². The van der Waals surface area contributed by atoms with E-state index in [9.17, 15) is 4.79 Å². The highest BCUT2D eigenvalue weighted by molar-refractivity contribution is 9.11. The summed E-state index contributed by atoms with van der Waals surface area (Å²) in [6, 6.07) is 0. The van der Waals surface area contributed by atoms with Crippen LogP contribution in [0.25, 0.3) is 0 Å². The van der Waals surface area contributed by atoms with Gasteiger partial charge >= 0.3 is 0 Å². The molecule has 1 rings (SSSR count). The SMILES string of the molecule is C=C(Br)CNC(=O)C1CNC1. The molecule has 1 saturated heterocycles. The van der Waals surface area contributed by atoms with E-state index in [2.05, 4.69) is 33.1 Å². The van der Waals surface area contributed by atoms with Crippen molar-refractivity contribution in [2.24, 2.45) is 5.92 Å². The molecule has 0 unspecified atom stereocenters. The number of carbonyl (C=O) groups is 1. The van der Waals surface area contributed by atoms with Crippen molar-refractivity contribution < 1.29 is 4.79 Å². The zero-order chi connectivity index (χ0) is 8.27. The van der Waals surface area contributed by atoms with Crippen LogP contribution in [-0.4, -0.2) is 25.5 Å². The lowest BCUT2D eigenvalue weighted by molar-refractivity contribution is -0.126. The Morgan fingerprint density at radius 1 is 1.73 bits per heavy atom. The maximum Gasteiger partial charge on any atom is 0.225 e. The Morgan fingerprint density at radius 2 is 2.36 bits per heavy atom. The molecule has 0 radical (unpaired) electrons. The molecule has 0 aromatic rings. The molecule has 1 aliphatic heterocycles. The van der Waals surface area contributed by atoms with Gasteiger partial charge in [-0.2, -0.15) is 0 Å². The highest BCUT2D eigenvalue weighted by Crippen LogP contribution is 2.03. The molecule has 4 heteroatoms. The molecule has 3 nitrogen and oxygen atoms in total. The van der Waals surface area contributed by atoms with E-state index in [1.165, 1.54) is 0 Å². The lowest BCUT2D eigenvalue weighted by Crippen LogP contribution is -2.50. The maximum atomic E-state index is 11.1. The van der Waals surface area contributed by atoms with Crippen molar-refractivity contribution in [3.05, 3.63) is 11.1 Å². The highest BCUT2D eigenvalue weighted by Gasteiger charge is 2.23. The van der Waals surface area contributed by atoms with E-state index in [1.807, 2.05) is 0 Å². The first-order chi connectivity index (χ1) is 5.20. The molecule has 0 saturated carbocycles. The largest absolute Gasteiger partial charge is 0.351 e. The van der Waals surface area contributed by atoms with E-state index in [0.29, 0.717) is 6.54 Å². The lowest BCUT2D eigenvalue weighted by atomic mass is 10.0. The summed E-state index contributed by atoms with van der Waals surface area (Å²) in [5.41, 5.74) is 0. The summed E-state index contributed by atoms with van der Waals surface area (Å²) >= 11 is 3.17. The third kappa shape index (κ3) is 2.63. The van der Waals surface area contributed by atoms with Crippen LogP contribution in [0.3, 0.4) is 0 Å². The number of rotatable bonds is 3. The molecule has 1 amide bonds. The fraction of sp³-hybridized carbons (Fsp3) is 0.571. The molecule has 1 aliphatic rings. The van der Waals surface area contributed by atoms with E-state index < -0.39 is 0 Å². The summed E-state index contributed by atoms with van der Waals surface area (Å²) in [4.78, 5) is 11.1. The molecule has 0 aromatic carbocycles. The molecular formula is C7H11BrN2O. The van der Waals surface area contributed by atoms with Gasteiger partial charge in [0.2, 0.25) is 5.91 Å². The standard InChI is InChI=1S/C7H11BrN2O/c1-5(8)2-10-7(11)6-3-9-4-6/h6,9H,1-4H2,(H,10,11). The summed E-state index contributed by atoms with van der Waals surface area (Å²) in [5, 5.41) is 5.79. The molecule has 11 heavy (non-hydrogen) atoms. The van der Waals surface area contributed by atoms with E-state index in [-0.39, 0.29) is 11.8 Å². The Morgan fingerprint density at radius 3 is 2.73 bits per heavy atom. The predicted molar refractivity (Wildman–Crippen MR) is 47.4 cm³/mol. The summed E-state index contributed by atoms with van der Waals surface area (Å²) in [6.45, 7) is 5.75. The Hall–Kier alpha value is -0.350. The lowest BCUT2D eigenvalue weighted by Gasteiger charge is -2.25. The fourth-order valence-electron chi connectivity index (χ4n) is 0.801. The second kappa shape index (κ2) is 3.88. The van der Waals surface area contributed by atoms with Crippen LogP contribution >= 0.6 is 15.9 Å². The number of halogens is 1. The van der Waals surface area contributed by atoms with Gasteiger partial charge in [-0.25, -0.2) is 0 Å². The monoisotopic (exact) mass is 218 g/mol. The minimum absolute atomic E-state index is 0.115. The average molecular weight is 219 g/mol. The zero-order valence-corrected chi connectivity index (χ0v) is 7.78. The summed E-state index contributed by atoms with van der Waals surface area (Å²) < 4.78 is 0.804. The van der Waals surface area contributed by atoms with Crippen molar-refractivity contribution in [2.75, 3.05) is 19.6 Å². The van der Waals surface area contributed by atoms with Crippen LogP contribution < -0.4 is 10.6 Å². The minimum Gasteiger partial charge on any atom is -0.351 e. The second-order valence-corrected chi connectivity index (χ2v) is 3.71. The van der Waals surface area contributed by atoms with Crippen LogP contribution in [0.1, 0.15) is 0 Å². The molecule has 1 heterocycles. The first kappa shape index (κ1) is 8.74. The topological polar surface area (TPSA) is 41.1 Å². The zero-order valence-electron chi connectivity index (χ0n) is 6.19. The second-order valence-electron chi connectivity index (χ2n) is 2.59. The van der Waals surface area contributed by atoms with Crippen molar-refractivity contribution in [1.29, 1.82) is 0 Å². The van der Waals surface area contributed by atoms with Crippen LogP contribution in [0.5, 0.6) is 0 Å². The number of nitrogens with one attached hydrogen (secondary N) is 2. The third-order valence-electron chi connectivity index (χ3n) is 1.61. The van der Waals surface area contributed by atoms with Crippen LogP contribution in [0.4, 0.5) is 0 Å². The van der Waals surface area contributed by atoms with Crippen molar-refractivity contribution in [1.82, 2.24) is 10.6 Å². The predicted octanol–water partition coefficient (Wildman–Crippen LogP) is 0.231. The van der Waals surface area contributed by atoms with Crippen LogP contribution in [-0.2, 0) is 4.79 Å². The van der Waals surface area contributed by atoms with Gasteiger partial charge in [0.1, 0.15) is 0 Å². The molecule has 0 bridgehead atoms. The molecular weight excluding hydrogens is 208 g/mol. The average Bonchev–Trinajstić information content (AvgIpc) is 1.79. The Bertz CT molecular complexity index is 177. The van der Waals surface area contributed by atoms with Crippen LogP contribution in [0, 0.1) is 5.92 Å². The summed E-state index contributed by atoms with van der Waals surface area (Å²) in [5.74, 6) is 0.284. The van der Waals surface area contributed by atoms with Crippen LogP contribution in [0.2, 0.25) is 0 Å². The van der Waals surface area contributed by atoms with Gasteiger partial charge in [0, 0.05) is 24.1 Å². The molecule has 0 aliphatic carbocycles.